The number of ether oxygens (including phenoxy) is 2. The lowest BCUT2D eigenvalue weighted by molar-refractivity contribution is -0.122. The number of methoxy groups -OCH3 is 1. The third kappa shape index (κ3) is 1.40. The number of carbonyl (C=O) groups is 1. The quantitative estimate of drug-likeness (QED) is 0.741. The SMILES string of the molecule is COc1c(C2OC(N)=NC2=O)c(C)nn1C. The Morgan fingerprint density at radius 2 is 2.25 bits per heavy atom. The van der Waals surface area contributed by atoms with Crippen molar-refractivity contribution in [3.8, 4) is 5.88 Å². The summed E-state index contributed by atoms with van der Waals surface area (Å²) in [6, 6.07) is -0.125. The van der Waals surface area contributed by atoms with Gasteiger partial charge in [0.15, 0.2) is 0 Å². The minimum Gasteiger partial charge on any atom is -0.481 e. The van der Waals surface area contributed by atoms with Crippen LogP contribution in [-0.4, -0.2) is 28.8 Å². The van der Waals surface area contributed by atoms with Crippen molar-refractivity contribution in [2.24, 2.45) is 17.8 Å². The molecule has 1 aromatic rings. The van der Waals surface area contributed by atoms with Crippen LogP contribution in [0.4, 0.5) is 0 Å². The van der Waals surface area contributed by atoms with E-state index in [0.717, 1.165) is 0 Å². The van der Waals surface area contributed by atoms with E-state index < -0.39 is 12.0 Å². The summed E-state index contributed by atoms with van der Waals surface area (Å²) < 4.78 is 11.8. The van der Waals surface area contributed by atoms with Crippen LogP contribution >= 0.6 is 0 Å². The average Bonchev–Trinajstić information content (AvgIpc) is 2.66. The van der Waals surface area contributed by atoms with Gasteiger partial charge in [0.1, 0.15) is 0 Å². The third-order valence-corrected chi connectivity index (χ3v) is 2.35. The fraction of sp³-hybridized carbons (Fsp3) is 0.444. The number of aliphatic imine (C=N–C) groups is 1. The van der Waals surface area contributed by atoms with Crippen LogP contribution in [0.3, 0.4) is 0 Å². The Labute approximate surface area is 91.8 Å². The van der Waals surface area contributed by atoms with Gasteiger partial charge in [0.25, 0.3) is 11.9 Å². The maximum Gasteiger partial charge on any atom is 0.296 e. The predicted octanol–water partition coefficient (Wildman–Crippen LogP) is -0.350. The summed E-state index contributed by atoms with van der Waals surface area (Å²) in [5.41, 5.74) is 6.56. The molecule has 7 heteroatoms. The Balaban J connectivity index is 2.45. The highest BCUT2D eigenvalue weighted by Gasteiger charge is 2.35. The molecule has 16 heavy (non-hydrogen) atoms. The first kappa shape index (κ1) is 10.5. The van der Waals surface area contributed by atoms with Gasteiger partial charge in [0.05, 0.1) is 18.4 Å². The molecule has 0 aliphatic carbocycles. The van der Waals surface area contributed by atoms with Crippen molar-refractivity contribution in [1.82, 2.24) is 9.78 Å². The van der Waals surface area contributed by atoms with Crippen LogP contribution in [0.15, 0.2) is 4.99 Å². The second kappa shape index (κ2) is 3.51. The molecule has 7 nitrogen and oxygen atoms in total. The number of nitrogens with zero attached hydrogens (tertiary/aromatic N) is 3. The number of nitrogens with two attached hydrogens (primary N) is 1. The molecule has 2 heterocycles. The number of amidine groups is 1. The number of hydrogen-bond acceptors (Lipinski definition) is 5. The van der Waals surface area contributed by atoms with Crippen LogP contribution in [0.1, 0.15) is 17.4 Å². The first-order valence-electron chi connectivity index (χ1n) is 4.66. The summed E-state index contributed by atoms with van der Waals surface area (Å²) in [4.78, 5) is 15.0. The molecular formula is C9H12N4O3. The lowest BCUT2D eigenvalue weighted by atomic mass is 10.1. The largest absolute Gasteiger partial charge is 0.481 e. The van der Waals surface area contributed by atoms with E-state index in [2.05, 4.69) is 10.1 Å². The molecule has 0 spiro atoms. The predicted molar refractivity (Wildman–Crippen MR) is 55.0 cm³/mol. The lowest BCUT2D eigenvalue weighted by Crippen LogP contribution is -2.15. The summed E-state index contributed by atoms with van der Waals surface area (Å²) in [5, 5.41) is 4.15. The Morgan fingerprint density at radius 3 is 2.75 bits per heavy atom. The highest BCUT2D eigenvalue weighted by atomic mass is 16.5. The van der Waals surface area contributed by atoms with Crippen LogP contribution < -0.4 is 10.5 Å². The van der Waals surface area contributed by atoms with Gasteiger partial charge in [-0.25, -0.2) is 4.68 Å². The van der Waals surface area contributed by atoms with Gasteiger partial charge < -0.3 is 15.2 Å². The van der Waals surface area contributed by atoms with Gasteiger partial charge in [-0.1, -0.05) is 0 Å². The van der Waals surface area contributed by atoms with E-state index in [0.29, 0.717) is 17.1 Å². The third-order valence-electron chi connectivity index (χ3n) is 2.35. The van der Waals surface area contributed by atoms with Gasteiger partial charge in [-0.05, 0) is 6.92 Å². The second-order valence-electron chi connectivity index (χ2n) is 3.42. The van der Waals surface area contributed by atoms with Gasteiger partial charge >= 0.3 is 0 Å². The number of aryl methyl sites for hydroxylation is 2. The summed E-state index contributed by atoms with van der Waals surface area (Å²) in [5.74, 6) is 0.0349. The van der Waals surface area contributed by atoms with Crippen molar-refractivity contribution in [1.29, 1.82) is 0 Å². The molecule has 1 unspecified atom stereocenters. The maximum absolute atomic E-state index is 11.5. The fourth-order valence-corrected chi connectivity index (χ4v) is 1.74. The number of rotatable bonds is 2. The molecule has 0 saturated heterocycles. The molecule has 1 amide bonds. The highest BCUT2D eigenvalue weighted by molar-refractivity contribution is 5.98. The number of carbonyl (C=O) groups excluding carboxylic acids is 1. The Bertz CT molecular complexity index is 477. The fourth-order valence-electron chi connectivity index (χ4n) is 1.74. The van der Waals surface area contributed by atoms with E-state index in [1.165, 1.54) is 11.8 Å². The van der Waals surface area contributed by atoms with Crippen LogP contribution in [0, 0.1) is 6.92 Å². The monoisotopic (exact) mass is 224 g/mol. The minimum absolute atomic E-state index is 0.125. The molecule has 2 N–H and O–H groups in total. The normalized spacial score (nSPS) is 19.6. The molecule has 86 valence electrons. The molecule has 0 saturated carbocycles. The van der Waals surface area contributed by atoms with Gasteiger partial charge in [0, 0.05) is 7.05 Å². The van der Waals surface area contributed by atoms with Crippen LogP contribution in [0.2, 0.25) is 0 Å². The number of hydrogen-bond donors (Lipinski definition) is 1. The van der Waals surface area contributed by atoms with E-state index in [9.17, 15) is 4.79 Å². The maximum atomic E-state index is 11.5. The summed E-state index contributed by atoms with van der Waals surface area (Å²) in [7, 11) is 3.22. The Hall–Kier alpha value is -2.05. The molecule has 0 bridgehead atoms. The van der Waals surface area contributed by atoms with Crippen LogP contribution in [0.25, 0.3) is 0 Å². The first-order chi connectivity index (χ1) is 7.54. The Morgan fingerprint density at radius 1 is 1.56 bits per heavy atom. The van der Waals surface area contributed by atoms with Crippen molar-refractivity contribution in [3.05, 3.63) is 11.3 Å². The van der Waals surface area contributed by atoms with E-state index in [1.807, 2.05) is 0 Å². The molecule has 1 atom stereocenters. The van der Waals surface area contributed by atoms with Crippen molar-refractivity contribution in [2.75, 3.05) is 7.11 Å². The minimum atomic E-state index is -0.844. The molecular weight excluding hydrogens is 212 g/mol. The van der Waals surface area contributed by atoms with Gasteiger partial charge in [0.2, 0.25) is 12.0 Å². The zero-order chi connectivity index (χ0) is 11.9. The Kier molecular flexibility index (Phi) is 2.30. The zero-order valence-corrected chi connectivity index (χ0v) is 9.22. The van der Waals surface area contributed by atoms with E-state index >= 15 is 0 Å². The van der Waals surface area contributed by atoms with Gasteiger partial charge in [-0.15, -0.1) is 0 Å². The average molecular weight is 224 g/mol. The van der Waals surface area contributed by atoms with Gasteiger partial charge in [-0.2, -0.15) is 10.1 Å². The number of amides is 1. The van der Waals surface area contributed by atoms with E-state index in [-0.39, 0.29) is 6.02 Å². The number of aromatic nitrogens is 2. The lowest BCUT2D eigenvalue weighted by Gasteiger charge is -2.09. The summed E-state index contributed by atoms with van der Waals surface area (Å²) in [6.45, 7) is 1.77. The molecule has 0 fully saturated rings. The van der Waals surface area contributed by atoms with Gasteiger partial charge in [-0.3, -0.25) is 4.79 Å². The van der Waals surface area contributed by atoms with Crippen molar-refractivity contribution in [2.45, 2.75) is 13.0 Å². The van der Waals surface area contributed by atoms with E-state index in [1.54, 1.807) is 14.0 Å². The molecule has 0 aromatic carbocycles. The van der Waals surface area contributed by atoms with Crippen molar-refractivity contribution >= 4 is 11.9 Å². The standard InChI is InChI=1S/C9H12N4O3/c1-4-5(8(15-3)13(2)12-4)6-7(14)11-9(10)16-6/h6H,1-3H3,(H2,10,11,14). The zero-order valence-electron chi connectivity index (χ0n) is 9.22. The molecule has 1 aliphatic rings. The smallest absolute Gasteiger partial charge is 0.296 e. The van der Waals surface area contributed by atoms with Crippen LogP contribution in [-0.2, 0) is 16.6 Å². The summed E-state index contributed by atoms with van der Waals surface area (Å²) in [6.07, 6.45) is -0.844. The van der Waals surface area contributed by atoms with E-state index in [4.69, 9.17) is 15.2 Å². The van der Waals surface area contributed by atoms with Crippen LogP contribution in [0.5, 0.6) is 5.88 Å². The van der Waals surface area contributed by atoms with Crippen molar-refractivity contribution in [3.63, 3.8) is 0 Å². The molecule has 1 aromatic heterocycles. The van der Waals surface area contributed by atoms with Crippen molar-refractivity contribution < 1.29 is 14.3 Å². The highest BCUT2D eigenvalue weighted by Crippen LogP contribution is 2.33. The molecule has 2 rings (SSSR count). The topological polar surface area (TPSA) is 91.7 Å². The second-order valence-corrected chi connectivity index (χ2v) is 3.42. The molecule has 1 aliphatic heterocycles. The molecule has 0 radical (unpaired) electrons. The first-order valence-corrected chi connectivity index (χ1v) is 4.66. The summed E-state index contributed by atoms with van der Waals surface area (Å²) >= 11 is 0.